The number of nitrogens with one attached hydrogen (secondary N) is 2. The van der Waals surface area contributed by atoms with Crippen molar-refractivity contribution in [2.24, 2.45) is 4.99 Å². The van der Waals surface area contributed by atoms with Gasteiger partial charge in [-0.15, -0.1) is 0 Å². The highest BCUT2D eigenvalue weighted by Gasteiger charge is 2.19. The number of anilines is 1. The summed E-state index contributed by atoms with van der Waals surface area (Å²) in [6, 6.07) is 18.5. The van der Waals surface area contributed by atoms with Crippen LogP contribution in [0.5, 0.6) is 0 Å². The Bertz CT molecular complexity index is 844. The zero-order chi connectivity index (χ0) is 21.3. The molecule has 1 aliphatic heterocycles. The molecule has 30 heavy (non-hydrogen) atoms. The lowest BCUT2D eigenvalue weighted by atomic mass is 10.1. The molecule has 6 nitrogen and oxygen atoms in total. The van der Waals surface area contributed by atoms with E-state index in [4.69, 9.17) is 0 Å². The zero-order valence-electron chi connectivity index (χ0n) is 18.3. The van der Waals surface area contributed by atoms with Crippen LogP contribution >= 0.6 is 0 Å². The Kier molecular flexibility index (Phi) is 7.71. The predicted octanol–water partition coefficient (Wildman–Crippen LogP) is 3.11. The molecule has 1 unspecified atom stereocenters. The van der Waals surface area contributed by atoms with Gasteiger partial charge in [0.25, 0.3) is 5.91 Å². The molecule has 160 valence electrons. The van der Waals surface area contributed by atoms with Crippen LogP contribution in [0.1, 0.15) is 36.2 Å². The number of benzene rings is 2. The fourth-order valence-corrected chi connectivity index (χ4v) is 3.56. The number of amides is 1. The molecule has 0 spiro atoms. The smallest absolute Gasteiger partial charge is 0.251 e. The van der Waals surface area contributed by atoms with Crippen LogP contribution in [0.2, 0.25) is 0 Å². The second kappa shape index (κ2) is 10.7. The summed E-state index contributed by atoms with van der Waals surface area (Å²) in [5, 5.41) is 6.48. The third-order valence-electron chi connectivity index (χ3n) is 5.54. The Hall–Kier alpha value is -3.02. The van der Waals surface area contributed by atoms with Crippen LogP contribution < -0.4 is 15.5 Å². The van der Waals surface area contributed by atoms with Gasteiger partial charge in [0.1, 0.15) is 0 Å². The van der Waals surface area contributed by atoms with Crippen LogP contribution in [0.15, 0.2) is 59.6 Å². The molecule has 2 aromatic carbocycles. The lowest BCUT2D eigenvalue weighted by molar-refractivity contribution is 0.0939. The molecule has 0 aromatic heterocycles. The van der Waals surface area contributed by atoms with Crippen LogP contribution in [-0.4, -0.2) is 56.0 Å². The summed E-state index contributed by atoms with van der Waals surface area (Å²) in [7, 11) is 1.82. The van der Waals surface area contributed by atoms with Crippen molar-refractivity contribution in [1.29, 1.82) is 0 Å². The molecule has 2 aromatic rings. The van der Waals surface area contributed by atoms with Gasteiger partial charge in [-0.2, -0.15) is 0 Å². The Morgan fingerprint density at radius 2 is 1.80 bits per heavy atom. The standard InChI is InChI=1S/C24H33N5O/c1-4-19(2)27-23(30)21-10-8-9-20(17-21)18-26-24(25-3)29-15-13-28(14-16-29)22-11-6-5-7-12-22/h5-12,17,19H,4,13-16,18H2,1-3H3,(H,25,26)(H,27,30). The second-order valence-corrected chi connectivity index (χ2v) is 7.69. The molecule has 1 heterocycles. The van der Waals surface area contributed by atoms with Gasteiger partial charge in [0.15, 0.2) is 5.96 Å². The number of piperazine rings is 1. The highest BCUT2D eigenvalue weighted by molar-refractivity contribution is 5.94. The number of carbonyl (C=O) groups is 1. The molecule has 6 heteroatoms. The van der Waals surface area contributed by atoms with E-state index in [-0.39, 0.29) is 11.9 Å². The molecule has 1 amide bonds. The van der Waals surface area contributed by atoms with Gasteiger partial charge in [-0.1, -0.05) is 37.3 Å². The van der Waals surface area contributed by atoms with E-state index in [1.54, 1.807) is 0 Å². The van der Waals surface area contributed by atoms with Crippen molar-refractivity contribution in [3.8, 4) is 0 Å². The summed E-state index contributed by atoms with van der Waals surface area (Å²) in [6.45, 7) is 8.50. The summed E-state index contributed by atoms with van der Waals surface area (Å²) in [5.41, 5.74) is 3.03. The van der Waals surface area contributed by atoms with E-state index in [0.29, 0.717) is 12.1 Å². The fourth-order valence-electron chi connectivity index (χ4n) is 3.56. The third-order valence-corrected chi connectivity index (χ3v) is 5.54. The Morgan fingerprint density at radius 1 is 1.07 bits per heavy atom. The first-order chi connectivity index (χ1) is 14.6. The topological polar surface area (TPSA) is 60.0 Å². The van der Waals surface area contributed by atoms with E-state index < -0.39 is 0 Å². The molecule has 0 aliphatic carbocycles. The average molecular weight is 408 g/mol. The minimum atomic E-state index is -0.0207. The quantitative estimate of drug-likeness (QED) is 0.571. The first kappa shape index (κ1) is 21.7. The van der Waals surface area contributed by atoms with Gasteiger partial charge < -0.3 is 20.4 Å². The fraction of sp³-hybridized carbons (Fsp3) is 0.417. The third kappa shape index (κ3) is 5.75. The maximum atomic E-state index is 12.4. The monoisotopic (exact) mass is 407 g/mol. The highest BCUT2D eigenvalue weighted by Crippen LogP contribution is 2.15. The summed E-state index contributed by atoms with van der Waals surface area (Å²) in [4.78, 5) is 21.6. The average Bonchev–Trinajstić information content (AvgIpc) is 2.80. The molecule has 1 saturated heterocycles. The number of para-hydroxylation sites is 1. The van der Waals surface area contributed by atoms with Gasteiger partial charge in [0.05, 0.1) is 0 Å². The van der Waals surface area contributed by atoms with Crippen LogP contribution in [0, 0.1) is 0 Å². The zero-order valence-corrected chi connectivity index (χ0v) is 18.3. The summed E-state index contributed by atoms with van der Waals surface area (Å²) < 4.78 is 0. The first-order valence-electron chi connectivity index (χ1n) is 10.8. The minimum absolute atomic E-state index is 0.0207. The van der Waals surface area contributed by atoms with E-state index in [9.17, 15) is 4.79 Å². The number of rotatable bonds is 6. The molecular weight excluding hydrogens is 374 g/mol. The van der Waals surface area contributed by atoms with Crippen molar-refractivity contribution in [3.63, 3.8) is 0 Å². The number of hydrogen-bond acceptors (Lipinski definition) is 3. The Labute approximate surface area is 180 Å². The Morgan fingerprint density at radius 3 is 2.47 bits per heavy atom. The lowest BCUT2D eigenvalue weighted by Gasteiger charge is -2.37. The van der Waals surface area contributed by atoms with Gasteiger partial charge in [-0.05, 0) is 43.2 Å². The van der Waals surface area contributed by atoms with E-state index >= 15 is 0 Å². The molecule has 3 rings (SSSR count). The van der Waals surface area contributed by atoms with Crippen LogP contribution in [0.25, 0.3) is 0 Å². The second-order valence-electron chi connectivity index (χ2n) is 7.69. The van der Waals surface area contributed by atoms with Crippen molar-refractivity contribution in [3.05, 3.63) is 65.7 Å². The lowest BCUT2D eigenvalue weighted by Crippen LogP contribution is -2.52. The number of carbonyl (C=O) groups excluding carboxylic acids is 1. The van der Waals surface area contributed by atoms with Crippen molar-refractivity contribution < 1.29 is 4.79 Å². The van der Waals surface area contributed by atoms with Crippen molar-refractivity contribution in [2.75, 3.05) is 38.1 Å². The Balaban J connectivity index is 1.54. The summed E-state index contributed by atoms with van der Waals surface area (Å²) >= 11 is 0. The van der Waals surface area contributed by atoms with E-state index in [1.807, 2.05) is 38.2 Å². The van der Waals surface area contributed by atoms with Crippen molar-refractivity contribution >= 4 is 17.6 Å². The molecule has 0 saturated carbocycles. The summed E-state index contributed by atoms with van der Waals surface area (Å²) in [6.07, 6.45) is 0.918. The van der Waals surface area contributed by atoms with Crippen LogP contribution in [0.3, 0.4) is 0 Å². The SMILES string of the molecule is CCC(C)NC(=O)c1cccc(CNC(=NC)N2CCN(c3ccccc3)CC2)c1. The van der Waals surface area contributed by atoms with Crippen LogP contribution in [-0.2, 0) is 6.54 Å². The molecule has 0 radical (unpaired) electrons. The number of nitrogens with zero attached hydrogens (tertiary/aromatic N) is 3. The predicted molar refractivity (Wildman–Crippen MR) is 124 cm³/mol. The van der Waals surface area contributed by atoms with E-state index in [2.05, 4.69) is 62.7 Å². The van der Waals surface area contributed by atoms with E-state index in [0.717, 1.165) is 44.1 Å². The maximum absolute atomic E-state index is 12.4. The molecular formula is C24H33N5O. The molecule has 2 N–H and O–H groups in total. The van der Waals surface area contributed by atoms with Gasteiger partial charge in [0, 0.05) is 57.1 Å². The number of aliphatic imine (C=N–C) groups is 1. The van der Waals surface area contributed by atoms with Crippen molar-refractivity contribution in [1.82, 2.24) is 15.5 Å². The molecule has 1 atom stereocenters. The first-order valence-corrected chi connectivity index (χ1v) is 10.8. The van der Waals surface area contributed by atoms with Crippen LogP contribution in [0.4, 0.5) is 5.69 Å². The number of hydrogen-bond donors (Lipinski definition) is 2. The maximum Gasteiger partial charge on any atom is 0.251 e. The van der Waals surface area contributed by atoms with Gasteiger partial charge in [0.2, 0.25) is 0 Å². The molecule has 1 fully saturated rings. The van der Waals surface area contributed by atoms with Gasteiger partial charge >= 0.3 is 0 Å². The normalized spacial score (nSPS) is 15.6. The highest BCUT2D eigenvalue weighted by atomic mass is 16.1. The van der Waals surface area contributed by atoms with Gasteiger partial charge in [-0.3, -0.25) is 9.79 Å². The van der Waals surface area contributed by atoms with Gasteiger partial charge in [-0.25, -0.2) is 0 Å². The molecule has 1 aliphatic rings. The number of guanidine groups is 1. The van der Waals surface area contributed by atoms with Crippen molar-refractivity contribution in [2.45, 2.75) is 32.9 Å². The molecule has 0 bridgehead atoms. The largest absolute Gasteiger partial charge is 0.368 e. The minimum Gasteiger partial charge on any atom is -0.368 e. The summed E-state index contributed by atoms with van der Waals surface area (Å²) in [5.74, 6) is 0.879. The van der Waals surface area contributed by atoms with E-state index in [1.165, 1.54) is 5.69 Å².